The second-order valence-electron chi connectivity index (χ2n) is 6.44. The number of carbonyl (C=O) groups is 2. The normalized spacial score (nSPS) is 20.4. The Hall–Kier alpha value is -1.06. The quantitative estimate of drug-likeness (QED) is 0.806. The molecule has 1 amide bonds. The van der Waals surface area contributed by atoms with Gasteiger partial charge >= 0.3 is 5.97 Å². The third kappa shape index (κ3) is 5.21. The number of carboxylic acid groups (broad SMARTS) is 1. The lowest BCUT2D eigenvalue weighted by Gasteiger charge is -2.37. The summed E-state index contributed by atoms with van der Waals surface area (Å²) in [6.07, 6.45) is 5.90. The number of amides is 1. The van der Waals surface area contributed by atoms with Gasteiger partial charge in [-0.05, 0) is 31.1 Å². The molecule has 1 fully saturated rings. The van der Waals surface area contributed by atoms with Crippen LogP contribution in [0.15, 0.2) is 0 Å². The smallest absolute Gasteiger partial charge is 0.303 e. The number of carboxylic acids is 1. The summed E-state index contributed by atoms with van der Waals surface area (Å²) in [5, 5.41) is 8.88. The minimum Gasteiger partial charge on any atom is -0.481 e. The second-order valence-corrected chi connectivity index (χ2v) is 6.44. The maximum atomic E-state index is 12.4. The first-order valence-electron chi connectivity index (χ1n) is 7.37. The molecule has 1 saturated heterocycles. The van der Waals surface area contributed by atoms with E-state index in [9.17, 15) is 9.59 Å². The highest BCUT2D eigenvalue weighted by atomic mass is 16.4. The van der Waals surface area contributed by atoms with E-state index in [1.165, 1.54) is 6.42 Å². The molecule has 1 rings (SSSR count). The average molecular weight is 269 g/mol. The van der Waals surface area contributed by atoms with E-state index in [-0.39, 0.29) is 12.3 Å². The fourth-order valence-electron chi connectivity index (χ4n) is 2.95. The minimum atomic E-state index is -0.832. The molecule has 1 N–H and O–H groups in total. The van der Waals surface area contributed by atoms with Crippen LogP contribution in [0.3, 0.4) is 0 Å². The standard InChI is InChI=1S/C15H27NO3/c1-4-7-12-8-5-6-9-16(12)13(17)10-15(2,3)11-14(18)19/h12H,4-11H2,1-3H3,(H,18,19). The van der Waals surface area contributed by atoms with Crippen molar-refractivity contribution in [3.63, 3.8) is 0 Å². The second kappa shape index (κ2) is 6.92. The monoisotopic (exact) mass is 269 g/mol. The van der Waals surface area contributed by atoms with Crippen molar-refractivity contribution < 1.29 is 14.7 Å². The summed E-state index contributed by atoms with van der Waals surface area (Å²) in [7, 11) is 0. The van der Waals surface area contributed by atoms with E-state index in [4.69, 9.17) is 5.11 Å². The number of rotatable bonds is 6. The fraction of sp³-hybridized carbons (Fsp3) is 0.867. The Morgan fingerprint density at radius 3 is 2.53 bits per heavy atom. The van der Waals surface area contributed by atoms with Gasteiger partial charge < -0.3 is 10.0 Å². The van der Waals surface area contributed by atoms with E-state index in [1.807, 2.05) is 18.7 Å². The van der Waals surface area contributed by atoms with Crippen LogP contribution < -0.4 is 0 Å². The summed E-state index contributed by atoms with van der Waals surface area (Å²) < 4.78 is 0. The molecule has 0 aromatic rings. The zero-order valence-corrected chi connectivity index (χ0v) is 12.4. The summed E-state index contributed by atoms with van der Waals surface area (Å²) in [4.78, 5) is 25.2. The van der Waals surface area contributed by atoms with Gasteiger partial charge in [-0.15, -0.1) is 0 Å². The van der Waals surface area contributed by atoms with Gasteiger partial charge in [-0.25, -0.2) is 0 Å². The van der Waals surface area contributed by atoms with Gasteiger partial charge in [0.15, 0.2) is 0 Å². The maximum absolute atomic E-state index is 12.4. The van der Waals surface area contributed by atoms with Crippen molar-refractivity contribution in [1.82, 2.24) is 4.90 Å². The fourth-order valence-corrected chi connectivity index (χ4v) is 2.95. The van der Waals surface area contributed by atoms with Crippen molar-refractivity contribution >= 4 is 11.9 Å². The molecule has 0 aromatic carbocycles. The molecule has 0 radical (unpaired) electrons. The predicted octanol–water partition coefficient (Wildman–Crippen LogP) is 3.06. The third-order valence-corrected chi connectivity index (χ3v) is 3.83. The molecular weight excluding hydrogens is 242 g/mol. The van der Waals surface area contributed by atoms with E-state index in [2.05, 4.69) is 6.92 Å². The molecule has 0 aromatic heterocycles. The molecular formula is C15H27NO3. The first-order chi connectivity index (χ1) is 8.85. The number of hydrogen-bond donors (Lipinski definition) is 1. The zero-order valence-electron chi connectivity index (χ0n) is 12.4. The first kappa shape index (κ1) is 16.0. The molecule has 1 atom stereocenters. The Bertz CT molecular complexity index is 323. The molecule has 110 valence electrons. The number of aliphatic carboxylic acids is 1. The van der Waals surface area contributed by atoms with Gasteiger partial charge in [-0.1, -0.05) is 27.2 Å². The zero-order chi connectivity index (χ0) is 14.5. The van der Waals surface area contributed by atoms with Crippen LogP contribution >= 0.6 is 0 Å². The summed E-state index contributed by atoms with van der Waals surface area (Å²) in [5.41, 5.74) is -0.461. The van der Waals surface area contributed by atoms with E-state index in [0.29, 0.717) is 12.5 Å². The summed E-state index contributed by atoms with van der Waals surface area (Å²) in [6.45, 7) is 6.70. The van der Waals surface area contributed by atoms with Gasteiger partial charge in [-0.3, -0.25) is 9.59 Å². The number of piperidine rings is 1. The Morgan fingerprint density at radius 2 is 1.95 bits per heavy atom. The Morgan fingerprint density at radius 1 is 1.26 bits per heavy atom. The van der Waals surface area contributed by atoms with Crippen LogP contribution in [0.4, 0.5) is 0 Å². The molecule has 0 aliphatic carbocycles. The first-order valence-corrected chi connectivity index (χ1v) is 7.37. The van der Waals surface area contributed by atoms with Crippen LogP contribution in [-0.4, -0.2) is 34.5 Å². The predicted molar refractivity (Wildman–Crippen MR) is 74.9 cm³/mol. The van der Waals surface area contributed by atoms with Crippen LogP contribution in [0.5, 0.6) is 0 Å². The largest absolute Gasteiger partial charge is 0.481 e. The third-order valence-electron chi connectivity index (χ3n) is 3.83. The van der Waals surface area contributed by atoms with Crippen molar-refractivity contribution in [2.24, 2.45) is 5.41 Å². The van der Waals surface area contributed by atoms with E-state index in [0.717, 1.165) is 32.2 Å². The van der Waals surface area contributed by atoms with E-state index < -0.39 is 11.4 Å². The molecule has 1 aliphatic heterocycles. The number of hydrogen-bond acceptors (Lipinski definition) is 2. The molecule has 4 heteroatoms. The average Bonchev–Trinajstić information content (AvgIpc) is 2.27. The van der Waals surface area contributed by atoms with Gasteiger partial charge in [0, 0.05) is 19.0 Å². The summed E-state index contributed by atoms with van der Waals surface area (Å²) in [5.74, 6) is -0.703. The van der Waals surface area contributed by atoms with Crippen molar-refractivity contribution in [3.8, 4) is 0 Å². The van der Waals surface area contributed by atoms with E-state index in [1.54, 1.807) is 0 Å². The van der Waals surface area contributed by atoms with Crippen LogP contribution in [0.2, 0.25) is 0 Å². The lowest BCUT2D eigenvalue weighted by atomic mass is 9.84. The highest BCUT2D eigenvalue weighted by molar-refractivity contribution is 5.78. The van der Waals surface area contributed by atoms with Gasteiger partial charge in [0.1, 0.15) is 0 Å². The molecule has 19 heavy (non-hydrogen) atoms. The summed E-state index contributed by atoms with van der Waals surface area (Å²) in [6, 6.07) is 0.367. The van der Waals surface area contributed by atoms with Gasteiger partial charge in [-0.2, -0.15) is 0 Å². The molecule has 0 saturated carbocycles. The molecule has 1 unspecified atom stereocenters. The Kier molecular flexibility index (Phi) is 5.83. The number of nitrogens with zero attached hydrogens (tertiary/aromatic N) is 1. The van der Waals surface area contributed by atoms with Crippen LogP contribution in [-0.2, 0) is 9.59 Å². The van der Waals surface area contributed by atoms with Crippen molar-refractivity contribution in [1.29, 1.82) is 0 Å². The maximum Gasteiger partial charge on any atom is 0.303 e. The molecule has 0 spiro atoms. The number of likely N-dealkylation sites (tertiary alicyclic amines) is 1. The van der Waals surface area contributed by atoms with Crippen molar-refractivity contribution in [3.05, 3.63) is 0 Å². The van der Waals surface area contributed by atoms with Crippen LogP contribution in [0.25, 0.3) is 0 Å². The topological polar surface area (TPSA) is 57.6 Å². The van der Waals surface area contributed by atoms with Crippen LogP contribution in [0.1, 0.15) is 65.7 Å². The van der Waals surface area contributed by atoms with Gasteiger partial charge in [0.05, 0.1) is 6.42 Å². The minimum absolute atomic E-state index is 0.0467. The lowest BCUT2D eigenvalue weighted by Crippen LogP contribution is -2.45. The van der Waals surface area contributed by atoms with Gasteiger partial charge in [0.2, 0.25) is 5.91 Å². The highest BCUT2D eigenvalue weighted by Gasteiger charge is 2.31. The van der Waals surface area contributed by atoms with Crippen LogP contribution in [0, 0.1) is 5.41 Å². The Balaban J connectivity index is 2.61. The molecule has 1 heterocycles. The number of carbonyl (C=O) groups excluding carboxylic acids is 1. The van der Waals surface area contributed by atoms with Crippen molar-refractivity contribution in [2.75, 3.05) is 6.54 Å². The Labute approximate surface area is 116 Å². The van der Waals surface area contributed by atoms with E-state index >= 15 is 0 Å². The lowest BCUT2D eigenvalue weighted by molar-refractivity contribution is -0.141. The summed E-state index contributed by atoms with van der Waals surface area (Å²) >= 11 is 0. The van der Waals surface area contributed by atoms with Gasteiger partial charge in [0.25, 0.3) is 0 Å². The highest BCUT2D eigenvalue weighted by Crippen LogP contribution is 2.29. The molecule has 1 aliphatic rings. The molecule has 0 bridgehead atoms. The molecule has 4 nitrogen and oxygen atoms in total. The SMILES string of the molecule is CCCC1CCCCN1C(=O)CC(C)(C)CC(=O)O. The van der Waals surface area contributed by atoms with Crippen molar-refractivity contribution in [2.45, 2.75) is 71.8 Å².